The van der Waals surface area contributed by atoms with Gasteiger partial charge in [0.05, 0.1) is 22.8 Å². The molecule has 2 aromatic heterocycles. The number of piperazine rings is 1. The molecule has 5 rings (SSSR count). The fourth-order valence-electron chi connectivity index (χ4n) is 4.73. The van der Waals surface area contributed by atoms with Crippen molar-refractivity contribution in [2.75, 3.05) is 42.9 Å². The van der Waals surface area contributed by atoms with E-state index in [-0.39, 0.29) is 24.5 Å². The van der Waals surface area contributed by atoms with Crippen LogP contribution < -0.4 is 15.8 Å². The number of hydrogen-bond acceptors (Lipinski definition) is 7. The van der Waals surface area contributed by atoms with Crippen LogP contribution in [0.15, 0.2) is 53.5 Å². The second-order valence-corrected chi connectivity index (χ2v) is 9.69. The van der Waals surface area contributed by atoms with Gasteiger partial charge in [-0.05, 0) is 48.4 Å². The first-order chi connectivity index (χ1) is 18.8. The number of anilines is 2. The van der Waals surface area contributed by atoms with Crippen molar-refractivity contribution in [3.63, 3.8) is 0 Å². The highest BCUT2D eigenvalue weighted by Crippen LogP contribution is 2.30. The topological polar surface area (TPSA) is 127 Å². The van der Waals surface area contributed by atoms with E-state index >= 15 is 0 Å². The van der Waals surface area contributed by atoms with Gasteiger partial charge in [0, 0.05) is 49.6 Å². The van der Waals surface area contributed by atoms with Gasteiger partial charge in [0.1, 0.15) is 17.5 Å². The molecule has 0 spiro atoms. The minimum Gasteiger partial charge on any atom is -0.387 e. The van der Waals surface area contributed by atoms with Gasteiger partial charge in [0.25, 0.3) is 5.56 Å². The first-order valence-electron chi connectivity index (χ1n) is 12.4. The van der Waals surface area contributed by atoms with E-state index in [9.17, 15) is 14.7 Å². The van der Waals surface area contributed by atoms with Crippen LogP contribution in [0.25, 0.3) is 22.4 Å². The molecular weight excluding hydrogens is 555 g/mol. The molecule has 0 saturated carbocycles. The fourth-order valence-corrected chi connectivity index (χ4v) is 4.93. The molecule has 1 saturated heterocycles. The van der Waals surface area contributed by atoms with Crippen molar-refractivity contribution in [1.29, 1.82) is 0 Å². The number of pyridine rings is 1. The maximum Gasteiger partial charge on any atom is 0.423 e. The molecule has 208 valence electrons. The number of nitrogens with zero attached hydrogens (tertiary/aromatic N) is 3. The average Bonchev–Trinajstić information content (AvgIpc) is 3.36. The summed E-state index contributed by atoms with van der Waals surface area (Å²) in [5.41, 5.74) is 4.68. The zero-order valence-corrected chi connectivity index (χ0v) is 23.2. The zero-order chi connectivity index (χ0) is 27.5. The number of H-pyrrole nitrogens is 2. The number of aliphatic hydroxyl groups excluding tert-OH is 1. The number of nitrogens with one attached hydrogen (secondary N) is 3. The van der Waals surface area contributed by atoms with E-state index in [1.165, 1.54) is 0 Å². The second-order valence-electron chi connectivity index (χ2n) is 9.25. The summed E-state index contributed by atoms with van der Waals surface area (Å²) in [7, 11) is 0. The number of aliphatic hydroxyl groups is 1. The van der Waals surface area contributed by atoms with Crippen molar-refractivity contribution in [1.82, 2.24) is 19.9 Å². The summed E-state index contributed by atoms with van der Waals surface area (Å²) in [6, 6.07) is 12.8. The average molecular weight is 583 g/mol. The Morgan fingerprint density at radius 3 is 2.75 bits per heavy atom. The van der Waals surface area contributed by atoms with Crippen LogP contribution in [0.2, 0.25) is 5.02 Å². The summed E-state index contributed by atoms with van der Waals surface area (Å²) in [6.07, 6.45) is 7.19. The van der Waals surface area contributed by atoms with Crippen LogP contribution in [0.5, 0.6) is 0 Å². The molecule has 4 aromatic rings. The van der Waals surface area contributed by atoms with Crippen LogP contribution in [0.3, 0.4) is 0 Å². The highest BCUT2D eigenvalue weighted by Gasteiger charge is 2.23. The molecule has 40 heavy (non-hydrogen) atoms. The minimum absolute atomic E-state index is 0. The molecule has 0 radical (unpaired) electrons. The van der Waals surface area contributed by atoms with Crippen molar-refractivity contribution in [3.05, 3.63) is 75.2 Å². The lowest BCUT2D eigenvalue weighted by molar-refractivity contribution is 0.140. The molecule has 0 bridgehead atoms. The number of rotatable bonds is 6. The molecule has 2 aromatic carbocycles. The first kappa shape index (κ1) is 28.8. The molecule has 1 aliphatic heterocycles. The van der Waals surface area contributed by atoms with Gasteiger partial charge in [-0.1, -0.05) is 30.2 Å². The van der Waals surface area contributed by atoms with Crippen molar-refractivity contribution in [2.45, 2.75) is 13.0 Å². The number of aryl methyl sites for hydroxylation is 1. The molecule has 1 aliphatic rings. The Kier molecular flexibility index (Phi) is 8.90. The number of amides is 1. The summed E-state index contributed by atoms with van der Waals surface area (Å²) in [4.78, 5) is 39.3. The highest BCUT2D eigenvalue weighted by atomic mass is 35.5. The lowest BCUT2D eigenvalue weighted by Gasteiger charge is -2.35. The second kappa shape index (κ2) is 12.3. The lowest BCUT2D eigenvalue weighted by Crippen LogP contribution is -2.48. The van der Waals surface area contributed by atoms with E-state index in [2.05, 4.69) is 24.9 Å². The quantitative estimate of drug-likeness (QED) is 0.250. The van der Waals surface area contributed by atoms with Crippen molar-refractivity contribution in [2.24, 2.45) is 0 Å². The Labute approximate surface area is 241 Å². The zero-order valence-electron chi connectivity index (χ0n) is 21.6. The van der Waals surface area contributed by atoms with E-state index in [0.29, 0.717) is 53.8 Å². The molecule has 3 heterocycles. The van der Waals surface area contributed by atoms with Gasteiger partial charge in [0.15, 0.2) is 0 Å². The predicted octanol–water partition coefficient (Wildman–Crippen LogP) is 4.30. The van der Waals surface area contributed by atoms with Gasteiger partial charge in [-0.3, -0.25) is 4.79 Å². The molecule has 1 atom stereocenters. The summed E-state index contributed by atoms with van der Waals surface area (Å²) >= 11 is 6.06. The van der Waals surface area contributed by atoms with Crippen LogP contribution in [-0.4, -0.2) is 63.8 Å². The standard InChI is InChI=1S/C28H27ClN6O4.ClH/c1-3-39-28(38)35-11-9-34(10-12-35)20-13-17(2)25-22(15-20)32-26(33-25)24-21(7-8-30-27(24)37)31-16-23(36)18-5-4-6-19(29)14-18;/h1,4-8,13-15,23,36H,9-12,16H2,2H3,(H,32,33)(H2,30,31,37);1H/t23-;/m1./s1. The Hall–Kier alpha value is -4.17. The minimum atomic E-state index is -0.829. The maximum absolute atomic E-state index is 12.9. The lowest BCUT2D eigenvalue weighted by atomic mass is 10.1. The number of ether oxygens (including phenoxy) is 1. The smallest absolute Gasteiger partial charge is 0.387 e. The summed E-state index contributed by atoms with van der Waals surface area (Å²) < 4.78 is 4.65. The number of hydrogen-bond donors (Lipinski definition) is 4. The number of benzene rings is 2. The third-order valence-electron chi connectivity index (χ3n) is 6.73. The van der Waals surface area contributed by atoms with Gasteiger partial charge in [-0.25, -0.2) is 9.78 Å². The number of aromatic amines is 2. The van der Waals surface area contributed by atoms with Crippen LogP contribution >= 0.6 is 24.0 Å². The van der Waals surface area contributed by atoms with Crippen molar-refractivity contribution in [3.8, 4) is 23.9 Å². The number of terminal acetylenes is 1. The Bertz CT molecular complexity index is 1620. The SMILES string of the molecule is C#COC(=O)N1CCN(c2cc(C)c3nc(-c4c(NC[C@@H](O)c5cccc(Cl)c5)cc[nH]c4=O)[nH]c3c2)CC1.Cl. The van der Waals surface area contributed by atoms with Crippen LogP contribution in [0.4, 0.5) is 16.2 Å². The van der Waals surface area contributed by atoms with E-state index in [1.807, 2.05) is 25.2 Å². The van der Waals surface area contributed by atoms with Crippen LogP contribution in [0, 0.1) is 19.5 Å². The number of carbonyl (C=O) groups is 1. The molecule has 0 unspecified atom stereocenters. The Balaban J connectivity index is 0.00000370. The third kappa shape index (κ3) is 6.02. The Morgan fingerprint density at radius 1 is 1.25 bits per heavy atom. The predicted molar refractivity (Wildman–Crippen MR) is 158 cm³/mol. The molecule has 4 N–H and O–H groups in total. The largest absolute Gasteiger partial charge is 0.423 e. The van der Waals surface area contributed by atoms with Crippen molar-refractivity contribution >= 4 is 52.5 Å². The summed E-state index contributed by atoms with van der Waals surface area (Å²) in [5.74, 6) is 0.411. The number of aromatic nitrogens is 3. The van der Waals surface area contributed by atoms with E-state index in [1.54, 1.807) is 41.4 Å². The molecule has 1 amide bonds. The van der Waals surface area contributed by atoms with Gasteiger partial charge in [-0.2, -0.15) is 0 Å². The van der Waals surface area contributed by atoms with Crippen LogP contribution in [-0.2, 0) is 4.74 Å². The van der Waals surface area contributed by atoms with Gasteiger partial charge >= 0.3 is 6.09 Å². The number of fused-ring (bicyclic) bond motifs is 1. The third-order valence-corrected chi connectivity index (χ3v) is 6.96. The Morgan fingerprint density at radius 2 is 2.02 bits per heavy atom. The maximum atomic E-state index is 12.9. The number of halogens is 2. The number of carbonyl (C=O) groups excluding carboxylic acids is 1. The highest BCUT2D eigenvalue weighted by molar-refractivity contribution is 6.30. The first-order valence-corrected chi connectivity index (χ1v) is 12.8. The van der Waals surface area contributed by atoms with E-state index < -0.39 is 12.2 Å². The monoisotopic (exact) mass is 582 g/mol. The molecular formula is C28H28Cl2N6O4. The van der Waals surface area contributed by atoms with Gasteiger partial charge in [-0.15, -0.1) is 12.4 Å². The fraction of sp³-hybridized carbons (Fsp3) is 0.250. The number of imidazole rings is 1. The van der Waals surface area contributed by atoms with E-state index in [4.69, 9.17) is 23.0 Å². The summed E-state index contributed by atoms with van der Waals surface area (Å²) in [6.45, 7) is 4.34. The molecule has 0 aliphatic carbocycles. The van der Waals surface area contributed by atoms with Gasteiger partial charge in [0.2, 0.25) is 0 Å². The van der Waals surface area contributed by atoms with Crippen molar-refractivity contribution < 1.29 is 14.6 Å². The van der Waals surface area contributed by atoms with E-state index in [0.717, 1.165) is 22.3 Å². The normalized spacial score (nSPS) is 13.8. The van der Waals surface area contributed by atoms with Crippen LogP contribution in [0.1, 0.15) is 17.2 Å². The van der Waals surface area contributed by atoms with Gasteiger partial charge < -0.3 is 34.9 Å². The summed E-state index contributed by atoms with van der Waals surface area (Å²) in [5, 5.41) is 14.4. The molecule has 12 heteroatoms. The molecule has 1 fully saturated rings. The molecule has 10 nitrogen and oxygen atoms in total.